The van der Waals surface area contributed by atoms with Crippen LogP contribution in [0.5, 0.6) is 0 Å². The molecule has 0 aliphatic rings. The number of fused-ring (bicyclic) bond motifs is 1. The van der Waals surface area contributed by atoms with Crippen LogP contribution in [0.2, 0.25) is 0 Å². The van der Waals surface area contributed by atoms with Crippen LogP contribution in [0.15, 0.2) is 47.3 Å². The second-order valence-corrected chi connectivity index (χ2v) is 5.19. The van der Waals surface area contributed by atoms with E-state index in [1.165, 1.54) is 0 Å². The van der Waals surface area contributed by atoms with E-state index in [1.54, 1.807) is 11.3 Å². The lowest BCUT2D eigenvalue weighted by molar-refractivity contribution is 0.979. The maximum Gasteiger partial charge on any atom is 0.0998 e. The highest BCUT2D eigenvalue weighted by Gasteiger charge is 2.05. The van der Waals surface area contributed by atoms with E-state index < -0.39 is 0 Å². The highest BCUT2D eigenvalue weighted by molar-refractivity contribution is 7.07. The molecular weight excluding hydrogens is 266 g/mol. The number of hydrogen-bond donors (Lipinski definition) is 1. The lowest BCUT2D eigenvalue weighted by atomic mass is 10.0. The van der Waals surface area contributed by atoms with Crippen molar-refractivity contribution in [3.63, 3.8) is 0 Å². The zero-order valence-electron chi connectivity index (χ0n) is 10.8. The first-order chi connectivity index (χ1) is 9.88. The molecule has 0 spiro atoms. The Hall–Kier alpha value is -2.38. The fourth-order valence-electron chi connectivity index (χ4n) is 2.24. The van der Waals surface area contributed by atoms with Gasteiger partial charge in [-0.05, 0) is 12.1 Å². The van der Waals surface area contributed by atoms with E-state index in [9.17, 15) is 0 Å². The highest BCUT2D eigenvalue weighted by Crippen LogP contribution is 2.26. The Bertz CT molecular complexity index is 757. The van der Waals surface area contributed by atoms with Gasteiger partial charge in [-0.25, -0.2) is 4.98 Å². The van der Waals surface area contributed by atoms with E-state index >= 15 is 0 Å². The van der Waals surface area contributed by atoms with Crippen LogP contribution in [0.25, 0.3) is 10.8 Å². The van der Waals surface area contributed by atoms with E-state index in [0.717, 1.165) is 35.1 Å². The van der Waals surface area contributed by atoms with Crippen molar-refractivity contribution in [2.24, 2.45) is 0 Å². The molecule has 0 radical (unpaired) electrons. The summed E-state index contributed by atoms with van der Waals surface area (Å²) in [7, 11) is 0. The Morgan fingerprint density at radius 3 is 2.75 bits per heavy atom. The van der Waals surface area contributed by atoms with Gasteiger partial charge in [0.1, 0.15) is 0 Å². The molecule has 0 atom stereocenters. The van der Waals surface area contributed by atoms with Crippen molar-refractivity contribution in [2.75, 3.05) is 11.9 Å². The normalized spacial score (nSPS) is 10.3. The van der Waals surface area contributed by atoms with Gasteiger partial charge in [0.05, 0.1) is 22.8 Å². The molecule has 0 amide bonds. The van der Waals surface area contributed by atoms with Crippen LogP contribution in [-0.2, 0) is 6.42 Å². The predicted molar refractivity (Wildman–Crippen MR) is 83.0 cm³/mol. The summed E-state index contributed by atoms with van der Waals surface area (Å²) in [6.45, 7) is 0.833. The van der Waals surface area contributed by atoms with Crippen LogP contribution >= 0.6 is 11.3 Å². The van der Waals surface area contributed by atoms with Crippen LogP contribution in [0.1, 0.15) is 11.3 Å². The second kappa shape index (κ2) is 5.72. The molecule has 98 valence electrons. The van der Waals surface area contributed by atoms with Gasteiger partial charge in [-0.15, -0.1) is 11.3 Å². The fraction of sp³-hybridized carbons (Fsp3) is 0.125. The zero-order chi connectivity index (χ0) is 13.8. The number of hydrogen-bond acceptors (Lipinski definition) is 4. The van der Waals surface area contributed by atoms with Crippen molar-refractivity contribution >= 4 is 27.8 Å². The van der Waals surface area contributed by atoms with Crippen molar-refractivity contribution in [1.82, 2.24) is 4.98 Å². The van der Waals surface area contributed by atoms with E-state index in [2.05, 4.69) is 21.8 Å². The first-order valence-electron chi connectivity index (χ1n) is 6.41. The van der Waals surface area contributed by atoms with Gasteiger partial charge in [-0.3, -0.25) is 0 Å². The molecule has 4 heteroatoms. The van der Waals surface area contributed by atoms with E-state index in [-0.39, 0.29) is 0 Å². The van der Waals surface area contributed by atoms with Crippen LogP contribution < -0.4 is 5.32 Å². The summed E-state index contributed by atoms with van der Waals surface area (Å²) in [6.07, 6.45) is 0.901. The maximum atomic E-state index is 9.15. The molecule has 3 aromatic rings. The van der Waals surface area contributed by atoms with Crippen LogP contribution in [0.3, 0.4) is 0 Å². The zero-order valence-corrected chi connectivity index (χ0v) is 11.7. The number of nitriles is 1. The lowest BCUT2D eigenvalue weighted by Gasteiger charge is -2.10. The minimum absolute atomic E-state index is 0.714. The van der Waals surface area contributed by atoms with Crippen LogP contribution in [0, 0.1) is 11.3 Å². The largest absolute Gasteiger partial charge is 0.384 e. The quantitative estimate of drug-likeness (QED) is 0.789. The summed E-state index contributed by atoms with van der Waals surface area (Å²) in [5.41, 5.74) is 4.74. The molecule has 0 saturated heterocycles. The minimum Gasteiger partial charge on any atom is -0.384 e. The molecule has 0 saturated carbocycles. The summed E-state index contributed by atoms with van der Waals surface area (Å²) in [5.74, 6) is 0. The standard InChI is InChI=1S/C16H13N3S/c17-9-12-5-6-16(15-4-2-1-3-14(12)15)18-8-7-13-10-20-11-19-13/h1-6,10-11,18H,7-8H2. The summed E-state index contributed by atoms with van der Waals surface area (Å²) in [4.78, 5) is 4.27. The topological polar surface area (TPSA) is 48.7 Å². The molecule has 0 bridgehead atoms. The molecule has 1 N–H and O–H groups in total. The van der Waals surface area contributed by atoms with Gasteiger partial charge in [0.2, 0.25) is 0 Å². The third kappa shape index (κ3) is 2.49. The van der Waals surface area contributed by atoms with Gasteiger partial charge in [-0.2, -0.15) is 5.26 Å². The van der Waals surface area contributed by atoms with Crippen molar-refractivity contribution < 1.29 is 0 Å². The number of benzene rings is 2. The molecule has 2 aromatic carbocycles. The van der Waals surface area contributed by atoms with Crippen LogP contribution in [0.4, 0.5) is 5.69 Å². The summed E-state index contributed by atoms with van der Waals surface area (Å²) in [5, 5.41) is 16.7. The van der Waals surface area contributed by atoms with Crippen molar-refractivity contribution in [3.8, 4) is 6.07 Å². The van der Waals surface area contributed by atoms with Gasteiger partial charge in [0.25, 0.3) is 0 Å². The van der Waals surface area contributed by atoms with Gasteiger partial charge in [0, 0.05) is 34.8 Å². The van der Waals surface area contributed by atoms with Gasteiger partial charge in [-0.1, -0.05) is 24.3 Å². The van der Waals surface area contributed by atoms with E-state index in [1.807, 2.05) is 41.9 Å². The molecular formula is C16H13N3S. The molecule has 0 aliphatic carbocycles. The predicted octanol–water partition coefficient (Wildman–Crippen LogP) is 3.82. The molecule has 1 heterocycles. The third-order valence-electron chi connectivity index (χ3n) is 3.22. The lowest BCUT2D eigenvalue weighted by Crippen LogP contribution is -2.05. The van der Waals surface area contributed by atoms with Gasteiger partial charge < -0.3 is 5.32 Å². The first-order valence-corrected chi connectivity index (χ1v) is 7.35. The number of aromatic nitrogens is 1. The third-order valence-corrected chi connectivity index (χ3v) is 3.86. The highest BCUT2D eigenvalue weighted by atomic mass is 32.1. The van der Waals surface area contributed by atoms with E-state index in [4.69, 9.17) is 5.26 Å². The molecule has 3 rings (SSSR count). The molecule has 20 heavy (non-hydrogen) atoms. The Labute approximate surface area is 121 Å². The Morgan fingerprint density at radius 1 is 1.15 bits per heavy atom. The Morgan fingerprint density at radius 2 is 2.00 bits per heavy atom. The monoisotopic (exact) mass is 279 g/mol. The number of nitrogens with zero attached hydrogens (tertiary/aromatic N) is 2. The molecule has 0 fully saturated rings. The SMILES string of the molecule is N#Cc1ccc(NCCc2cscn2)c2ccccc12. The van der Waals surface area contributed by atoms with Crippen molar-refractivity contribution in [1.29, 1.82) is 5.26 Å². The molecule has 0 unspecified atom stereocenters. The first kappa shape index (κ1) is 12.6. The minimum atomic E-state index is 0.714. The summed E-state index contributed by atoms with van der Waals surface area (Å²) in [6, 6.07) is 14.1. The number of nitrogens with one attached hydrogen (secondary N) is 1. The van der Waals surface area contributed by atoms with Crippen molar-refractivity contribution in [3.05, 3.63) is 58.5 Å². The molecule has 3 nitrogen and oxygen atoms in total. The van der Waals surface area contributed by atoms with Gasteiger partial charge >= 0.3 is 0 Å². The number of thiazole rings is 1. The molecule has 1 aromatic heterocycles. The smallest absolute Gasteiger partial charge is 0.0998 e. The van der Waals surface area contributed by atoms with Crippen molar-refractivity contribution in [2.45, 2.75) is 6.42 Å². The summed E-state index contributed by atoms with van der Waals surface area (Å²) < 4.78 is 0. The fourth-order valence-corrected chi connectivity index (χ4v) is 2.83. The maximum absolute atomic E-state index is 9.15. The number of rotatable bonds is 4. The Balaban J connectivity index is 1.83. The number of anilines is 1. The Kier molecular flexibility index (Phi) is 3.62. The second-order valence-electron chi connectivity index (χ2n) is 4.47. The van der Waals surface area contributed by atoms with Gasteiger partial charge in [0.15, 0.2) is 0 Å². The van der Waals surface area contributed by atoms with Crippen LogP contribution in [-0.4, -0.2) is 11.5 Å². The average Bonchev–Trinajstić information content (AvgIpc) is 3.01. The average molecular weight is 279 g/mol. The summed E-state index contributed by atoms with van der Waals surface area (Å²) >= 11 is 1.62. The molecule has 0 aliphatic heterocycles. The van der Waals surface area contributed by atoms with E-state index in [0.29, 0.717) is 5.56 Å².